The van der Waals surface area contributed by atoms with Gasteiger partial charge >= 0.3 is 6.03 Å². The Morgan fingerprint density at radius 3 is 3.10 bits per heavy atom. The molecule has 1 saturated carbocycles. The Labute approximate surface area is 124 Å². The van der Waals surface area contributed by atoms with Crippen LogP contribution in [0, 0.1) is 5.92 Å². The summed E-state index contributed by atoms with van der Waals surface area (Å²) in [7, 11) is 2.10. The van der Waals surface area contributed by atoms with Crippen molar-refractivity contribution in [3.63, 3.8) is 0 Å². The number of amides is 2. The zero-order chi connectivity index (χ0) is 14.4. The van der Waals surface area contributed by atoms with Crippen molar-refractivity contribution in [1.82, 2.24) is 15.5 Å². The van der Waals surface area contributed by atoms with E-state index in [9.17, 15) is 4.79 Å². The van der Waals surface area contributed by atoms with E-state index < -0.39 is 0 Å². The van der Waals surface area contributed by atoms with Crippen LogP contribution in [0.3, 0.4) is 0 Å². The molecule has 4 rings (SSSR count). The summed E-state index contributed by atoms with van der Waals surface area (Å²) in [6.45, 7) is 3.04. The van der Waals surface area contributed by atoms with Gasteiger partial charge in [-0.05, 0) is 24.6 Å². The van der Waals surface area contributed by atoms with Gasteiger partial charge in [0.15, 0.2) is 0 Å². The van der Waals surface area contributed by atoms with Crippen molar-refractivity contribution in [2.24, 2.45) is 5.92 Å². The van der Waals surface area contributed by atoms with Gasteiger partial charge in [0.1, 0.15) is 0 Å². The number of carbonyl (C=O) groups excluding carboxylic acids is 1. The number of nitrogens with one attached hydrogen (secondary N) is 2. The number of likely N-dealkylation sites (N-methyl/N-ethyl adjacent to an activating group) is 1. The number of benzene rings is 1. The molecule has 0 spiro atoms. The molecule has 2 fully saturated rings. The first-order valence-electron chi connectivity index (χ1n) is 7.60. The van der Waals surface area contributed by atoms with Gasteiger partial charge in [0.25, 0.3) is 0 Å². The van der Waals surface area contributed by atoms with Gasteiger partial charge in [0.2, 0.25) is 0 Å². The van der Waals surface area contributed by atoms with Gasteiger partial charge in [-0.3, -0.25) is 4.90 Å². The highest BCUT2D eigenvalue weighted by Gasteiger charge is 2.59. The molecule has 2 aliphatic heterocycles. The van der Waals surface area contributed by atoms with E-state index in [0.717, 1.165) is 19.6 Å². The van der Waals surface area contributed by atoms with E-state index in [2.05, 4.69) is 46.8 Å². The molecule has 5 nitrogen and oxygen atoms in total. The summed E-state index contributed by atoms with van der Waals surface area (Å²) in [4.78, 5) is 14.4. The minimum atomic E-state index is -0.0687. The van der Waals surface area contributed by atoms with Crippen molar-refractivity contribution in [1.29, 1.82) is 0 Å². The van der Waals surface area contributed by atoms with Gasteiger partial charge in [0.05, 0.1) is 24.8 Å². The highest BCUT2D eigenvalue weighted by Crippen LogP contribution is 2.48. The van der Waals surface area contributed by atoms with Gasteiger partial charge in [0, 0.05) is 19.0 Å². The molecule has 1 aromatic carbocycles. The number of urea groups is 1. The molecular formula is C16H21N3O2. The third kappa shape index (κ3) is 2.21. The molecule has 0 bridgehead atoms. The molecule has 3 aliphatic rings. The van der Waals surface area contributed by atoms with Crippen LogP contribution in [0.1, 0.15) is 23.6 Å². The van der Waals surface area contributed by atoms with Crippen molar-refractivity contribution in [2.75, 3.05) is 26.8 Å². The average molecular weight is 287 g/mol. The fourth-order valence-electron chi connectivity index (χ4n) is 3.69. The van der Waals surface area contributed by atoms with Crippen molar-refractivity contribution in [2.45, 2.75) is 24.5 Å². The molecule has 0 radical (unpaired) electrons. The summed E-state index contributed by atoms with van der Waals surface area (Å²) in [5.41, 5.74) is 2.62. The van der Waals surface area contributed by atoms with Crippen LogP contribution in [-0.4, -0.2) is 43.3 Å². The van der Waals surface area contributed by atoms with E-state index in [1.54, 1.807) is 0 Å². The number of rotatable bonds is 3. The molecule has 0 aromatic heterocycles. The van der Waals surface area contributed by atoms with Gasteiger partial charge in [-0.1, -0.05) is 24.3 Å². The Morgan fingerprint density at radius 2 is 2.33 bits per heavy atom. The lowest BCUT2D eigenvalue weighted by molar-refractivity contribution is 0.154. The minimum Gasteiger partial charge on any atom is -0.379 e. The number of fused-ring (bicyclic) bond motifs is 2. The van der Waals surface area contributed by atoms with Gasteiger partial charge < -0.3 is 15.4 Å². The van der Waals surface area contributed by atoms with Crippen molar-refractivity contribution < 1.29 is 9.53 Å². The highest BCUT2D eigenvalue weighted by atomic mass is 16.5. The smallest absolute Gasteiger partial charge is 0.315 e. The molecule has 3 atom stereocenters. The predicted molar refractivity (Wildman–Crippen MR) is 78.8 cm³/mol. The maximum absolute atomic E-state index is 12.1. The third-order valence-corrected chi connectivity index (χ3v) is 5.10. The Kier molecular flexibility index (Phi) is 2.94. The molecule has 2 heterocycles. The molecule has 1 unspecified atom stereocenters. The van der Waals surface area contributed by atoms with Crippen LogP contribution in [0.15, 0.2) is 24.3 Å². The second-order valence-electron chi connectivity index (χ2n) is 6.54. The van der Waals surface area contributed by atoms with Crippen molar-refractivity contribution in [3.8, 4) is 0 Å². The summed E-state index contributed by atoms with van der Waals surface area (Å²) < 4.78 is 5.40. The Morgan fingerprint density at radius 1 is 1.48 bits per heavy atom. The second-order valence-corrected chi connectivity index (χ2v) is 6.54. The Bertz CT molecular complexity index is 576. The van der Waals surface area contributed by atoms with Gasteiger partial charge in [-0.25, -0.2) is 4.79 Å². The molecular weight excluding hydrogens is 266 g/mol. The first kappa shape index (κ1) is 13.1. The van der Waals surface area contributed by atoms with E-state index in [1.165, 1.54) is 11.1 Å². The molecule has 1 saturated heterocycles. The fraction of sp³-hybridized carbons (Fsp3) is 0.562. The minimum absolute atomic E-state index is 0.0659. The Balaban J connectivity index is 1.35. The average Bonchev–Trinajstić information content (AvgIpc) is 2.84. The number of carbonyl (C=O) groups is 1. The lowest BCUT2D eigenvalue weighted by atomic mass is 10.1. The van der Waals surface area contributed by atoms with E-state index in [-0.39, 0.29) is 17.6 Å². The number of hydrogen-bond donors (Lipinski definition) is 2. The van der Waals surface area contributed by atoms with Crippen LogP contribution < -0.4 is 10.6 Å². The second kappa shape index (κ2) is 4.71. The number of nitrogens with zero attached hydrogens (tertiary/aromatic N) is 1. The summed E-state index contributed by atoms with van der Waals surface area (Å²) >= 11 is 0. The van der Waals surface area contributed by atoms with Crippen LogP contribution in [0.5, 0.6) is 0 Å². The van der Waals surface area contributed by atoms with Crippen LogP contribution in [0.25, 0.3) is 0 Å². The van der Waals surface area contributed by atoms with Gasteiger partial charge in [-0.2, -0.15) is 0 Å². The van der Waals surface area contributed by atoms with Crippen LogP contribution in [0.2, 0.25) is 0 Å². The van der Waals surface area contributed by atoms with Crippen LogP contribution in [0.4, 0.5) is 4.79 Å². The molecule has 112 valence electrons. The maximum atomic E-state index is 12.1. The molecule has 1 aromatic rings. The maximum Gasteiger partial charge on any atom is 0.315 e. The zero-order valence-corrected chi connectivity index (χ0v) is 12.3. The van der Waals surface area contributed by atoms with E-state index in [1.807, 2.05) is 0 Å². The summed E-state index contributed by atoms with van der Waals surface area (Å²) in [5, 5.41) is 6.13. The van der Waals surface area contributed by atoms with E-state index in [4.69, 9.17) is 4.74 Å². The van der Waals surface area contributed by atoms with Crippen molar-refractivity contribution in [3.05, 3.63) is 35.4 Å². The lowest BCUT2D eigenvalue weighted by Gasteiger charge is -2.22. The molecule has 1 aliphatic carbocycles. The number of ether oxygens (including phenoxy) is 1. The predicted octanol–water partition coefficient (Wildman–Crippen LogP) is 1.26. The topological polar surface area (TPSA) is 53.6 Å². The first-order chi connectivity index (χ1) is 10.2. The first-order valence-corrected chi connectivity index (χ1v) is 7.60. The van der Waals surface area contributed by atoms with E-state index >= 15 is 0 Å². The molecule has 2 N–H and O–H groups in total. The van der Waals surface area contributed by atoms with Crippen LogP contribution in [-0.2, 0) is 11.3 Å². The molecule has 2 amide bonds. The highest BCUT2D eigenvalue weighted by molar-refractivity contribution is 5.75. The zero-order valence-electron chi connectivity index (χ0n) is 12.3. The summed E-state index contributed by atoms with van der Waals surface area (Å²) in [6.07, 6.45) is 1.06. The Hall–Kier alpha value is -1.59. The molecule has 5 heteroatoms. The fourth-order valence-corrected chi connectivity index (χ4v) is 3.69. The number of hydrogen-bond acceptors (Lipinski definition) is 3. The SMILES string of the molecule is CN1Cc2ccccc2C1CNC(=O)N[C@@]12COC[C@@H]1C2. The monoisotopic (exact) mass is 287 g/mol. The van der Waals surface area contributed by atoms with Crippen molar-refractivity contribution >= 4 is 6.03 Å². The quantitative estimate of drug-likeness (QED) is 0.880. The summed E-state index contributed by atoms with van der Waals surface area (Å²) in [5.74, 6) is 0.526. The normalized spacial score (nSPS) is 33.4. The van der Waals surface area contributed by atoms with Gasteiger partial charge in [-0.15, -0.1) is 0 Å². The van der Waals surface area contributed by atoms with E-state index in [0.29, 0.717) is 19.1 Å². The summed E-state index contributed by atoms with van der Waals surface area (Å²) in [6, 6.07) is 8.65. The molecule has 21 heavy (non-hydrogen) atoms. The third-order valence-electron chi connectivity index (χ3n) is 5.10. The largest absolute Gasteiger partial charge is 0.379 e. The standard InChI is InChI=1S/C16H21N3O2/c1-19-8-11-4-2-3-5-13(11)14(19)7-17-15(20)18-16-6-12(16)9-21-10-16/h2-5,12,14H,6-10H2,1H3,(H2,17,18,20)/t12-,14?,16-/m0/s1. The lowest BCUT2D eigenvalue weighted by Crippen LogP contribution is -2.47. The van der Waals surface area contributed by atoms with Crippen LogP contribution >= 0.6 is 0 Å².